The summed E-state index contributed by atoms with van der Waals surface area (Å²) in [5.74, 6) is -3.33. The lowest BCUT2D eigenvalue weighted by Crippen LogP contribution is -2.45. The number of pyridine rings is 1. The standard InChI is InChI=1S/C32H39N4O9P/c1-42-32(40)35-22-28(37)34-23-29(38)36-30(21-26-12-7-4-8-13-26)46(41,43-2)45-27(20-25-10-5-3-6-11-25)31(39)44-19-9-14-24-15-17-33-18-16-24/h3-8,10-13,15-18,27,30H,9,14,19-23H2,1-2H3,(H,34,37)(H,35,40)(H,36,38)/t27-,30+,46?/m0/s1. The number of esters is 1. The zero-order chi connectivity index (χ0) is 33.2. The monoisotopic (exact) mass is 654 g/mol. The van der Waals surface area contributed by atoms with Crippen LogP contribution in [0.15, 0.2) is 85.2 Å². The Bertz CT molecular complexity index is 1450. The van der Waals surface area contributed by atoms with Gasteiger partial charge in [-0.15, -0.1) is 0 Å². The molecular formula is C32H39N4O9P. The van der Waals surface area contributed by atoms with E-state index in [4.69, 9.17) is 13.8 Å². The maximum absolute atomic E-state index is 14.4. The Balaban J connectivity index is 1.75. The van der Waals surface area contributed by atoms with Crippen LogP contribution in [0.3, 0.4) is 0 Å². The van der Waals surface area contributed by atoms with E-state index in [0.29, 0.717) is 18.4 Å². The number of benzene rings is 2. The van der Waals surface area contributed by atoms with Crippen molar-refractivity contribution in [2.24, 2.45) is 0 Å². The maximum Gasteiger partial charge on any atom is 0.407 e. The van der Waals surface area contributed by atoms with Crippen LogP contribution in [0.4, 0.5) is 4.79 Å². The van der Waals surface area contributed by atoms with Crippen LogP contribution in [0.2, 0.25) is 0 Å². The normalized spacial score (nSPS) is 13.3. The number of nitrogens with zero attached hydrogens (tertiary/aromatic N) is 1. The summed E-state index contributed by atoms with van der Waals surface area (Å²) < 4.78 is 35.8. The van der Waals surface area contributed by atoms with Gasteiger partial charge in [-0.2, -0.15) is 0 Å². The Morgan fingerprint density at radius 1 is 0.783 bits per heavy atom. The first kappa shape index (κ1) is 35.9. The van der Waals surface area contributed by atoms with E-state index >= 15 is 0 Å². The molecule has 1 aromatic heterocycles. The van der Waals surface area contributed by atoms with Gasteiger partial charge in [0.05, 0.1) is 20.3 Å². The average Bonchev–Trinajstić information content (AvgIpc) is 3.08. The predicted molar refractivity (Wildman–Crippen MR) is 169 cm³/mol. The van der Waals surface area contributed by atoms with Gasteiger partial charge in [0, 0.05) is 32.3 Å². The summed E-state index contributed by atoms with van der Waals surface area (Å²) in [4.78, 5) is 53.6. The maximum atomic E-state index is 14.4. The van der Waals surface area contributed by atoms with Crippen molar-refractivity contribution < 1.29 is 42.3 Å². The third kappa shape index (κ3) is 12.4. The average molecular weight is 655 g/mol. The number of aryl methyl sites for hydroxylation is 1. The van der Waals surface area contributed by atoms with Crippen molar-refractivity contribution >= 4 is 31.5 Å². The Morgan fingerprint density at radius 2 is 1.39 bits per heavy atom. The number of carbonyl (C=O) groups excluding carboxylic acids is 4. The molecule has 0 aliphatic heterocycles. The van der Waals surface area contributed by atoms with Gasteiger partial charge in [-0.3, -0.25) is 23.7 Å². The highest BCUT2D eigenvalue weighted by Crippen LogP contribution is 2.53. The predicted octanol–water partition coefficient (Wildman–Crippen LogP) is 3.18. The van der Waals surface area contributed by atoms with Gasteiger partial charge >= 0.3 is 19.7 Å². The van der Waals surface area contributed by atoms with Crippen molar-refractivity contribution in [2.45, 2.75) is 37.6 Å². The van der Waals surface area contributed by atoms with Gasteiger partial charge in [-0.25, -0.2) is 9.59 Å². The number of amides is 3. The van der Waals surface area contributed by atoms with Crippen molar-refractivity contribution in [2.75, 3.05) is 33.9 Å². The van der Waals surface area contributed by atoms with Crippen molar-refractivity contribution in [1.29, 1.82) is 0 Å². The molecule has 46 heavy (non-hydrogen) atoms. The second-order valence-corrected chi connectivity index (χ2v) is 12.3. The van der Waals surface area contributed by atoms with Gasteiger partial charge in [-0.05, 0) is 41.7 Å². The van der Waals surface area contributed by atoms with Crippen LogP contribution in [0, 0.1) is 0 Å². The molecule has 1 heterocycles. The van der Waals surface area contributed by atoms with E-state index in [9.17, 15) is 23.7 Å². The minimum absolute atomic E-state index is 0.0224. The molecule has 0 fully saturated rings. The van der Waals surface area contributed by atoms with Crippen LogP contribution in [-0.4, -0.2) is 74.7 Å². The molecule has 0 spiro atoms. The molecule has 0 aliphatic carbocycles. The van der Waals surface area contributed by atoms with Gasteiger partial charge in [0.15, 0.2) is 6.10 Å². The largest absolute Gasteiger partial charge is 0.464 e. The smallest absolute Gasteiger partial charge is 0.407 e. The van der Waals surface area contributed by atoms with E-state index in [2.05, 4.69) is 25.7 Å². The van der Waals surface area contributed by atoms with E-state index in [1.807, 2.05) is 24.3 Å². The first-order valence-electron chi connectivity index (χ1n) is 14.6. The zero-order valence-corrected chi connectivity index (χ0v) is 26.7. The molecule has 3 rings (SSSR count). The molecule has 0 saturated carbocycles. The summed E-state index contributed by atoms with van der Waals surface area (Å²) in [6.45, 7) is -0.815. The third-order valence-electron chi connectivity index (χ3n) is 6.66. The van der Waals surface area contributed by atoms with E-state index in [1.165, 1.54) is 7.11 Å². The molecule has 0 saturated heterocycles. The number of hydrogen-bond acceptors (Lipinski definition) is 10. The van der Waals surface area contributed by atoms with Crippen molar-refractivity contribution in [1.82, 2.24) is 20.9 Å². The molecule has 14 heteroatoms. The van der Waals surface area contributed by atoms with Crippen LogP contribution >= 0.6 is 7.60 Å². The molecule has 0 bridgehead atoms. The Labute approximate surface area is 267 Å². The highest BCUT2D eigenvalue weighted by atomic mass is 31.2. The summed E-state index contributed by atoms with van der Waals surface area (Å²) in [6, 6.07) is 21.7. The van der Waals surface area contributed by atoms with Crippen LogP contribution in [-0.2, 0) is 56.7 Å². The Hall–Kier alpha value is -4.58. The summed E-state index contributed by atoms with van der Waals surface area (Å²) in [6.07, 6.45) is 2.51. The highest BCUT2D eigenvalue weighted by molar-refractivity contribution is 7.54. The van der Waals surface area contributed by atoms with Gasteiger partial charge in [-0.1, -0.05) is 60.7 Å². The minimum Gasteiger partial charge on any atom is -0.464 e. The molecule has 3 atom stereocenters. The molecule has 0 radical (unpaired) electrons. The van der Waals surface area contributed by atoms with Crippen molar-refractivity contribution in [3.63, 3.8) is 0 Å². The quantitative estimate of drug-likeness (QED) is 0.105. The fourth-order valence-electron chi connectivity index (χ4n) is 4.29. The van der Waals surface area contributed by atoms with Crippen molar-refractivity contribution in [3.05, 3.63) is 102 Å². The summed E-state index contributed by atoms with van der Waals surface area (Å²) in [7, 11) is -1.94. The molecule has 246 valence electrons. The van der Waals surface area contributed by atoms with E-state index in [0.717, 1.165) is 18.2 Å². The van der Waals surface area contributed by atoms with Crippen LogP contribution in [0.5, 0.6) is 0 Å². The van der Waals surface area contributed by atoms with Crippen LogP contribution < -0.4 is 16.0 Å². The number of hydrogen-bond donors (Lipinski definition) is 3. The van der Waals surface area contributed by atoms with Gasteiger partial charge in [0.1, 0.15) is 12.3 Å². The lowest BCUT2D eigenvalue weighted by molar-refractivity contribution is -0.152. The van der Waals surface area contributed by atoms with E-state index in [-0.39, 0.29) is 19.4 Å². The van der Waals surface area contributed by atoms with E-state index in [1.54, 1.807) is 60.9 Å². The Morgan fingerprint density at radius 3 is 2.00 bits per heavy atom. The third-order valence-corrected chi connectivity index (χ3v) is 8.80. The highest BCUT2D eigenvalue weighted by Gasteiger charge is 2.41. The van der Waals surface area contributed by atoms with E-state index < -0.39 is 56.4 Å². The van der Waals surface area contributed by atoms with Gasteiger partial charge in [0.2, 0.25) is 11.8 Å². The molecular weight excluding hydrogens is 615 g/mol. The zero-order valence-electron chi connectivity index (χ0n) is 25.8. The second-order valence-electron chi connectivity index (χ2n) is 10.0. The van der Waals surface area contributed by atoms with Crippen molar-refractivity contribution in [3.8, 4) is 0 Å². The molecule has 2 aromatic carbocycles. The first-order chi connectivity index (χ1) is 22.2. The number of carbonyl (C=O) groups is 4. The molecule has 3 amide bonds. The number of nitrogens with one attached hydrogen (secondary N) is 3. The first-order valence-corrected chi connectivity index (χ1v) is 16.2. The van der Waals surface area contributed by atoms with Crippen LogP contribution in [0.1, 0.15) is 23.1 Å². The topological polar surface area (TPSA) is 171 Å². The molecule has 0 aliphatic rings. The molecule has 13 nitrogen and oxygen atoms in total. The number of methoxy groups -OCH3 is 1. The Kier molecular flexibility index (Phi) is 14.9. The van der Waals surface area contributed by atoms with Crippen LogP contribution in [0.25, 0.3) is 0 Å². The second kappa shape index (κ2) is 19.1. The summed E-state index contributed by atoms with van der Waals surface area (Å²) in [5, 5.41) is 7.20. The number of alkyl carbamates (subject to hydrolysis) is 1. The summed E-state index contributed by atoms with van der Waals surface area (Å²) >= 11 is 0. The molecule has 1 unspecified atom stereocenters. The summed E-state index contributed by atoms with van der Waals surface area (Å²) in [5.41, 5.74) is 2.48. The SMILES string of the molecule is COC(=O)NCC(=O)NCC(=O)N[C@@H](Cc1ccccc1)P(=O)(OC)O[C@@H](Cc1ccccc1)C(=O)OCCCc1ccncc1. The number of aromatic nitrogens is 1. The fourth-order valence-corrected chi connectivity index (χ4v) is 6.03. The van der Waals surface area contributed by atoms with Gasteiger partial charge < -0.3 is 29.9 Å². The molecule has 3 aromatic rings. The lowest BCUT2D eigenvalue weighted by Gasteiger charge is -2.29. The number of rotatable bonds is 18. The molecule has 3 N–H and O–H groups in total. The number of ether oxygens (including phenoxy) is 2. The minimum atomic E-state index is -4.27. The lowest BCUT2D eigenvalue weighted by atomic mass is 10.1. The van der Waals surface area contributed by atoms with Gasteiger partial charge in [0.25, 0.3) is 0 Å². The fraction of sp³-hybridized carbons (Fsp3) is 0.344.